The second-order valence-electron chi connectivity index (χ2n) is 5.39. The molecule has 7 heteroatoms. The van der Waals surface area contributed by atoms with E-state index >= 15 is 0 Å². The summed E-state index contributed by atoms with van der Waals surface area (Å²) < 4.78 is 10.6. The second-order valence-corrected chi connectivity index (χ2v) is 5.83. The number of nitrogens with zero attached hydrogens (tertiary/aromatic N) is 2. The smallest absolute Gasteiger partial charge is 0.289 e. The Morgan fingerprint density at radius 2 is 1.71 bits per heavy atom. The van der Waals surface area contributed by atoms with E-state index in [2.05, 4.69) is 0 Å². The third kappa shape index (κ3) is 3.89. The van der Waals surface area contributed by atoms with Crippen LogP contribution >= 0.6 is 11.6 Å². The number of furan rings is 1. The van der Waals surface area contributed by atoms with E-state index in [0.717, 1.165) is 0 Å². The second kappa shape index (κ2) is 7.40. The van der Waals surface area contributed by atoms with Crippen LogP contribution in [0.3, 0.4) is 0 Å². The summed E-state index contributed by atoms with van der Waals surface area (Å²) in [7, 11) is 0. The average molecular weight is 349 g/mol. The van der Waals surface area contributed by atoms with Gasteiger partial charge in [0.05, 0.1) is 6.26 Å². The molecule has 0 aliphatic carbocycles. The van der Waals surface area contributed by atoms with Gasteiger partial charge in [0, 0.05) is 31.2 Å². The van der Waals surface area contributed by atoms with Crippen LogP contribution < -0.4 is 4.74 Å². The van der Waals surface area contributed by atoms with Gasteiger partial charge >= 0.3 is 0 Å². The van der Waals surface area contributed by atoms with Crippen LogP contribution in [0.15, 0.2) is 47.1 Å². The molecular weight excluding hydrogens is 332 g/mol. The highest BCUT2D eigenvalue weighted by molar-refractivity contribution is 6.30. The van der Waals surface area contributed by atoms with E-state index in [0.29, 0.717) is 42.7 Å². The number of hydrogen-bond donors (Lipinski definition) is 0. The molecule has 1 saturated heterocycles. The van der Waals surface area contributed by atoms with Crippen molar-refractivity contribution in [3.8, 4) is 5.75 Å². The minimum Gasteiger partial charge on any atom is -0.484 e. The highest BCUT2D eigenvalue weighted by atomic mass is 35.5. The molecule has 0 N–H and O–H groups in total. The van der Waals surface area contributed by atoms with Gasteiger partial charge in [0.2, 0.25) is 0 Å². The van der Waals surface area contributed by atoms with Crippen LogP contribution in [-0.2, 0) is 4.79 Å². The van der Waals surface area contributed by atoms with E-state index in [1.807, 2.05) is 0 Å². The van der Waals surface area contributed by atoms with Crippen molar-refractivity contribution in [3.63, 3.8) is 0 Å². The van der Waals surface area contributed by atoms with E-state index < -0.39 is 0 Å². The van der Waals surface area contributed by atoms with E-state index in [4.69, 9.17) is 20.8 Å². The largest absolute Gasteiger partial charge is 0.484 e. The molecule has 2 heterocycles. The zero-order valence-electron chi connectivity index (χ0n) is 13.0. The fourth-order valence-corrected chi connectivity index (χ4v) is 2.61. The molecule has 0 unspecified atom stereocenters. The summed E-state index contributed by atoms with van der Waals surface area (Å²) in [5.74, 6) is 0.666. The fraction of sp³-hybridized carbons (Fsp3) is 0.294. The number of halogens is 1. The molecule has 126 valence electrons. The molecule has 0 bridgehead atoms. The summed E-state index contributed by atoms with van der Waals surface area (Å²) in [6.45, 7) is 1.89. The Morgan fingerprint density at radius 1 is 1.04 bits per heavy atom. The number of hydrogen-bond acceptors (Lipinski definition) is 4. The number of carbonyl (C=O) groups is 2. The predicted octanol–water partition coefficient (Wildman–Crippen LogP) is 2.30. The average Bonchev–Trinajstić information content (AvgIpc) is 3.15. The van der Waals surface area contributed by atoms with Gasteiger partial charge in [-0.2, -0.15) is 0 Å². The van der Waals surface area contributed by atoms with E-state index in [1.54, 1.807) is 46.2 Å². The van der Waals surface area contributed by atoms with Gasteiger partial charge < -0.3 is 19.0 Å². The summed E-state index contributed by atoms with van der Waals surface area (Å²) in [5, 5.41) is 0.617. The molecule has 1 aromatic carbocycles. The van der Waals surface area contributed by atoms with Gasteiger partial charge in [-0.05, 0) is 36.4 Å². The zero-order chi connectivity index (χ0) is 16.9. The van der Waals surface area contributed by atoms with Crippen LogP contribution in [0.5, 0.6) is 5.75 Å². The maximum absolute atomic E-state index is 12.2. The Labute approximate surface area is 144 Å². The summed E-state index contributed by atoms with van der Waals surface area (Å²) in [5.41, 5.74) is 0. The van der Waals surface area contributed by atoms with Crippen LogP contribution in [0.4, 0.5) is 0 Å². The predicted molar refractivity (Wildman–Crippen MR) is 88.1 cm³/mol. The maximum Gasteiger partial charge on any atom is 0.289 e. The molecule has 0 spiro atoms. The Morgan fingerprint density at radius 3 is 2.33 bits per heavy atom. The van der Waals surface area contributed by atoms with Crippen LogP contribution in [0.2, 0.25) is 5.02 Å². The van der Waals surface area contributed by atoms with Gasteiger partial charge in [-0.25, -0.2) is 0 Å². The molecule has 1 fully saturated rings. The van der Waals surface area contributed by atoms with Crippen molar-refractivity contribution >= 4 is 23.4 Å². The topological polar surface area (TPSA) is 63.0 Å². The van der Waals surface area contributed by atoms with Crippen molar-refractivity contribution in [1.82, 2.24) is 9.80 Å². The molecular formula is C17H17ClN2O4. The minimum atomic E-state index is -0.149. The van der Waals surface area contributed by atoms with Gasteiger partial charge in [0.25, 0.3) is 11.8 Å². The van der Waals surface area contributed by atoms with Crippen molar-refractivity contribution in [3.05, 3.63) is 53.4 Å². The standard InChI is InChI=1S/C17H17ClN2O4/c18-13-3-5-14(6-4-13)24-12-16(21)19-7-9-20(10-8-19)17(22)15-2-1-11-23-15/h1-6,11H,7-10,12H2. The lowest BCUT2D eigenvalue weighted by molar-refractivity contribution is -0.134. The first-order chi connectivity index (χ1) is 11.6. The first-order valence-electron chi connectivity index (χ1n) is 7.62. The van der Waals surface area contributed by atoms with Gasteiger partial charge in [0.15, 0.2) is 12.4 Å². The molecule has 6 nitrogen and oxygen atoms in total. The first-order valence-corrected chi connectivity index (χ1v) is 8.00. The number of benzene rings is 1. The molecule has 0 atom stereocenters. The number of piperazine rings is 1. The lowest BCUT2D eigenvalue weighted by Crippen LogP contribution is -2.51. The Kier molecular flexibility index (Phi) is 5.05. The highest BCUT2D eigenvalue weighted by Crippen LogP contribution is 2.16. The molecule has 2 amide bonds. The first kappa shape index (κ1) is 16.4. The third-order valence-electron chi connectivity index (χ3n) is 3.83. The Balaban J connectivity index is 1.46. The van der Waals surface area contributed by atoms with E-state index in [-0.39, 0.29) is 18.4 Å². The third-order valence-corrected chi connectivity index (χ3v) is 4.08. The van der Waals surface area contributed by atoms with Crippen molar-refractivity contribution in [1.29, 1.82) is 0 Å². The van der Waals surface area contributed by atoms with Crippen molar-refractivity contribution in [2.45, 2.75) is 0 Å². The number of amides is 2. The maximum atomic E-state index is 12.2. The molecule has 3 rings (SSSR count). The van der Waals surface area contributed by atoms with Crippen molar-refractivity contribution in [2.75, 3.05) is 32.8 Å². The highest BCUT2D eigenvalue weighted by Gasteiger charge is 2.26. The molecule has 1 aliphatic heterocycles. The molecule has 24 heavy (non-hydrogen) atoms. The van der Waals surface area contributed by atoms with Crippen LogP contribution in [-0.4, -0.2) is 54.4 Å². The van der Waals surface area contributed by atoms with Gasteiger partial charge in [-0.15, -0.1) is 0 Å². The van der Waals surface area contributed by atoms with E-state index in [1.165, 1.54) is 6.26 Å². The fourth-order valence-electron chi connectivity index (χ4n) is 2.48. The Bertz CT molecular complexity index is 692. The number of ether oxygens (including phenoxy) is 1. The van der Waals surface area contributed by atoms with Crippen molar-refractivity contribution < 1.29 is 18.7 Å². The van der Waals surface area contributed by atoms with Crippen LogP contribution in [0.1, 0.15) is 10.6 Å². The molecule has 2 aromatic rings. The van der Waals surface area contributed by atoms with E-state index in [9.17, 15) is 9.59 Å². The summed E-state index contributed by atoms with van der Waals surface area (Å²) in [6.07, 6.45) is 1.47. The van der Waals surface area contributed by atoms with Gasteiger partial charge in [-0.3, -0.25) is 9.59 Å². The molecule has 0 radical (unpaired) electrons. The summed E-state index contributed by atoms with van der Waals surface area (Å²) in [4.78, 5) is 27.7. The lowest BCUT2D eigenvalue weighted by atomic mass is 10.3. The number of carbonyl (C=O) groups excluding carboxylic acids is 2. The monoisotopic (exact) mass is 348 g/mol. The zero-order valence-corrected chi connectivity index (χ0v) is 13.7. The van der Waals surface area contributed by atoms with Crippen molar-refractivity contribution in [2.24, 2.45) is 0 Å². The van der Waals surface area contributed by atoms with Crippen LogP contribution in [0, 0.1) is 0 Å². The molecule has 1 aliphatic rings. The molecule has 0 saturated carbocycles. The summed E-state index contributed by atoms with van der Waals surface area (Å²) >= 11 is 5.80. The molecule has 1 aromatic heterocycles. The Hall–Kier alpha value is -2.47. The van der Waals surface area contributed by atoms with Gasteiger partial charge in [0.1, 0.15) is 5.75 Å². The number of rotatable bonds is 4. The summed E-state index contributed by atoms with van der Waals surface area (Å²) in [6, 6.07) is 10.2. The lowest BCUT2D eigenvalue weighted by Gasteiger charge is -2.34. The van der Waals surface area contributed by atoms with Crippen LogP contribution in [0.25, 0.3) is 0 Å². The minimum absolute atomic E-state index is 0.0340. The SMILES string of the molecule is O=C(COc1ccc(Cl)cc1)N1CCN(C(=O)c2ccco2)CC1. The normalized spacial score (nSPS) is 14.5. The quantitative estimate of drug-likeness (QED) is 0.850. The van der Waals surface area contributed by atoms with Gasteiger partial charge in [-0.1, -0.05) is 11.6 Å².